The van der Waals surface area contributed by atoms with Crippen molar-refractivity contribution in [1.82, 2.24) is 20.1 Å². The Kier molecular flexibility index (Phi) is 6.99. The van der Waals surface area contributed by atoms with Crippen LogP contribution >= 0.6 is 23.5 Å². The number of fused-ring (bicyclic) bond motifs is 1. The highest BCUT2D eigenvalue weighted by atomic mass is 32.2. The number of halogens is 1. The summed E-state index contributed by atoms with van der Waals surface area (Å²) >= 11 is 3.20. The van der Waals surface area contributed by atoms with E-state index in [1.165, 1.54) is 34.4 Å². The van der Waals surface area contributed by atoms with Gasteiger partial charge in [0.2, 0.25) is 5.91 Å². The van der Waals surface area contributed by atoms with Gasteiger partial charge in [-0.3, -0.25) is 9.36 Å². The molecule has 0 saturated carbocycles. The molecule has 1 saturated heterocycles. The topological polar surface area (TPSA) is 69.0 Å². The molecule has 0 radical (unpaired) electrons. The molecule has 2 aromatic carbocycles. The van der Waals surface area contributed by atoms with Crippen LogP contribution in [0.3, 0.4) is 0 Å². The Morgan fingerprint density at radius 1 is 1.18 bits per heavy atom. The number of hydrogen-bond acceptors (Lipinski definition) is 6. The fourth-order valence-corrected chi connectivity index (χ4v) is 6.11. The summed E-state index contributed by atoms with van der Waals surface area (Å²) in [6.07, 6.45) is 3.02. The molecule has 0 spiro atoms. The monoisotopic (exact) mass is 484 g/mol. The molecule has 3 aromatic rings. The zero-order valence-electron chi connectivity index (χ0n) is 18.1. The lowest BCUT2D eigenvalue weighted by atomic mass is 10.0. The molecule has 2 aliphatic heterocycles. The third-order valence-electron chi connectivity index (χ3n) is 5.86. The number of nitrogens with one attached hydrogen (secondary N) is 1. The molecule has 1 amide bonds. The minimum Gasteiger partial charge on any atom is -0.376 e. The van der Waals surface area contributed by atoms with Crippen LogP contribution in [0.15, 0.2) is 58.6 Å². The summed E-state index contributed by atoms with van der Waals surface area (Å²) in [5.41, 5.74) is 1.97. The van der Waals surface area contributed by atoms with Gasteiger partial charge in [0, 0.05) is 22.8 Å². The van der Waals surface area contributed by atoms with Crippen molar-refractivity contribution >= 4 is 29.4 Å². The van der Waals surface area contributed by atoms with Crippen molar-refractivity contribution in [3.05, 3.63) is 59.9 Å². The predicted molar refractivity (Wildman–Crippen MR) is 128 cm³/mol. The van der Waals surface area contributed by atoms with E-state index in [0.717, 1.165) is 37.2 Å². The van der Waals surface area contributed by atoms with E-state index in [-0.39, 0.29) is 29.6 Å². The van der Waals surface area contributed by atoms with Gasteiger partial charge >= 0.3 is 0 Å². The summed E-state index contributed by atoms with van der Waals surface area (Å²) in [6, 6.07) is 14.5. The Balaban J connectivity index is 1.30. The molecule has 1 aromatic heterocycles. The Bertz CT molecular complexity index is 1120. The van der Waals surface area contributed by atoms with Crippen molar-refractivity contribution in [3.63, 3.8) is 0 Å². The first-order valence-corrected chi connectivity index (χ1v) is 13.1. The Morgan fingerprint density at radius 2 is 2.03 bits per heavy atom. The molecule has 9 heteroatoms. The lowest BCUT2D eigenvalue weighted by Gasteiger charge is -2.25. The maximum atomic E-state index is 13.4. The number of ether oxygens (including phenoxy) is 1. The van der Waals surface area contributed by atoms with E-state index in [9.17, 15) is 9.18 Å². The molecule has 0 unspecified atom stereocenters. The van der Waals surface area contributed by atoms with E-state index in [0.29, 0.717) is 17.5 Å². The van der Waals surface area contributed by atoms with E-state index < -0.39 is 0 Å². The second-order valence-corrected chi connectivity index (χ2v) is 10.2. The minimum absolute atomic E-state index is 0.0262. The van der Waals surface area contributed by atoms with Gasteiger partial charge in [0.05, 0.1) is 24.4 Å². The average molecular weight is 485 g/mol. The highest BCUT2D eigenvalue weighted by Gasteiger charge is 2.24. The van der Waals surface area contributed by atoms with Gasteiger partial charge in [-0.05, 0) is 55.2 Å². The summed E-state index contributed by atoms with van der Waals surface area (Å²) in [4.78, 5) is 14.0. The molecule has 2 atom stereocenters. The van der Waals surface area contributed by atoms with Crippen molar-refractivity contribution < 1.29 is 13.9 Å². The number of nitrogens with zero attached hydrogens (tertiary/aromatic N) is 3. The van der Waals surface area contributed by atoms with E-state index >= 15 is 0 Å². The maximum Gasteiger partial charge on any atom is 0.230 e. The fourth-order valence-electron chi connectivity index (χ4n) is 4.22. The molecule has 33 heavy (non-hydrogen) atoms. The van der Waals surface area contributed by atoms with Crippen molar-refractivity contribution in [3.8, 4) is 11.4 Å². The number of hydrogen-bond donors (Lipinski definition) is 1. The Morgan fingerprint density at radius 3 is 2.85 bits per heavy atom. The zero-order chi connectivity index (χ0) is 22.6. The highest BCUT2D eigenvalue weighted by molar-refractivity contribution is 7.99. The minimum atomic E-state index is -0.294. The number of rotatable bonds is 7. The van der Waals surface area contributed by atoms with Gasteiger partial charge in [-0.25, -0.2) is 4.39 Å². The van der Waals surface area contributed by atoms with Crippen LogP contribution in [0.5, 0.6) is 0 Å². The normalized spacial score (nSPS) is 19.9. The van der Waals surface area contributed by atoms with Crippen molar-refractivity contribution in [2.75, 3.05) is 18.1 Å². The van der Waals surface area contributed by atoms with Gasteiger partial charge in [-0.15, -0.1) is 22.0 Å². The SMILES string of the molecule is O=C(CSc1nnc(-c2ccc(F)cc2)n1C[C@@H]1CCCO1)N[C@@H]1CCSc2ccccc21. The van der Waals surface area contributed by atoms with Crippen molar-refractivity contribution in [2.45, 2.75) is 48.0 Å². The van der Waals surface area contributed by atoms with E-state index in [2.05, 4.69) is 27.6 Å². The molecule has 5 rings (SSSR count). The molecule has 2 aliphatic rings. The number of aromatic nitrogens is 3. The van der Waals surface area contributed by atoms with E-state index in [1.54, 1.807) is 12.1 Å². The van der Waals surface area contributed by atoms with Crippen LogP contribution in [0.2, 0.25) is 0 Å². The fraction of sp³-hybridized carbons (Fsp3) is 0.375. The molecule has 0 aliphatic carbocycles. The summed E-state index contributed by atoms with van der Waals surface area (Å²) in [5.74, 6) is 1.58. The molecule has 1 fully saturated rings. The van der Waals surface area contributed by atoms with E-state index in [1.807, 2.05) is 28.5 Å². The van der Waals surface area contributed by atoms with Crippen LogP contribution in [0.25, 0.3) is 11.4 Å². The first-order valence-electron chi connectivity index (χ1n) is 11.1. The number of thioether (sulfide) groups is 2. The Hall–Kier alpha value is -2.36. The first kappa shape index (κ1) is 22.4. The molecule has 0 bridgehead atoms. The molecule has 3 heterocycles. The van der Waals surface area contributed by atoms with Gasteiger partial charge in [-0.2, -0.15) is 0 Å². The largest absolute Gasteiger partial charge is 0.376 e. The lowest BCUT2D eigenvalue weighted by Crippen LogP contribution is -2.32. The second kappa shape index (κ2) is 10.3. The van der Waals surface area contributed by atoms with Crippen LogP contribution in [-0.2, 0) is 16.1 Å². The van der Waals surface area contributed by atoms with Gasteiger partial charge in [0.25, 0.3) is 0 Å². The number of amides is 1. The van der Waals surface area contributed by atoms with Gasteiger partial charge in [-0.1, -0.05) is 30.0 Å². The van der Waals surface area contributed by atoms with Gasteiger partial charge < -0.3 is 10.1 Å². The summed E-state index contributed by atoms with van der Waals surface area (Å²) in [7, 11) is 0. The third kappa shape index (κ3) is 5.26. The highest BCUT2D eigenvalue weighted by Crippen LogP contribution is 2.36. The zero-order valence-corrected chi connectivity index (χ0v) is 19.7. The average Bonchev–Trinajstić information content (AvgIpc) is 3.49. The summed E-state index contributed by atoms with van der Waals surface area (Å²) in [6.45, 7) is 1.36. The molecule has 172 valence electrons. The number of benzene rings is 2. The third-order valence-corrected chi connectivity index (χ3v) is 7.94. The maximum absolute atomic E-state index is 13.4. The van der Waals surface area contributed by atoms with Crippen LogP contribution in [-0.4, -0.2) is 44.9 Å². The van der Waals surface area contributed by atoms with Crippen LogP contribution in [0, 0.1) is 5.82 Å². The second-order valence-electron chi connectivity index (χ2n) is 8.14. The molecular weight excluding hydrogens is 459 g/mol. The van der Waals surface area contributed by atoms with E-state index in [4.69, 9.17) is 4.74 Å². The molecule has 6 nitrogen and oxygen atoms in total. The molecular formula is C24H25FN4O2S2. The standard InChI is InChI=1S/C24H25FN4O2S2/c25-17-9-7-16(8-10-17)23-27-28-24(29(23)14-18-4-3-12-31-18)33-15-22(30)26-20-11-13-32-21-6-2-1-5-19(20)21/h1-2,5-10,18,20H,3-4,11-15H2,(H,26,30)/t18-,20+/m0/s1. The number of carbonyl (C=O) groups is 1. The van der Waals surface area contributed by atoms with Gasteiger partial charge in [0.1, 0.15) is 5.82 Å². The first-order chi connectivity index (χ1) is 16.2. The smallest absolute Gasteiger partial charge is 0.230 e. The molecule has 1 N–H and O–H groups in total. The van der Waals surface area contributed by atoms with Gasteiger partial charge in [0.15, 0.2) is 11.0 Å². The summed E-state index contributed by atoms with van der Waals surface area (Å²) < 4.78 is 21.2. The van der Waals surface area contributed by atoms with Crippen molar-refractivity contribution in [1.29, 1.82) is 0 Å². The van der Waals surface area contributed by atoms with Crippen molar-refractivity contribution in [2.24, 2.45) is 0 Å². The van der Waals surface area contributed by atoms with Crippen LogP contribution in [0.4, 0.5) is 4.39 Å². The lowest BCUT2D eigenvalue weighted by molar-refractivity contribution is -0.119. The van der Waals surface area contributed by atoms with Crippen LogP contribution in [0.1, 0.15) is 30.9 Å². The predicted octanol–water partition coefficient (Wildman–Crippen LogP) is 4.71. The quantitative estimate of drug-likeness (QED) is 0.490. The number of carbonyl (C=O) groups excluding carboxylic acids is 1. The van der Waals surface area contributed by atoms with Crippen LogP contribution < -0.4 is 5.32 Å². The Labute approximate surface area is 200 Å². The summed E-state index contributed by atoms with van der Waals surface area (Å²) in [5, 5.41) is 12.6.